The number of carbonyl (C=O) groups excluding carboxylic acids is 3. The number of aromatic nitrogens is 1. The zero-order valence-electron chi connectivity index (χ0n) is 13.8. The quantitative estimate of drug-likeness (QED) is 0.418. The van der Waals surface area contributed by atoms with Crippen molar-refractivity contribution in [2.24, 2.45) is 0 Å². The highest BCUT2D eigenvalue weighted by Gasteiger charge is 2.20. The second-order valence-corrected chi connectivity index (χ2v) is 5.47. The predicted octanol–water partition coefficient (Wildman–Crippen LogP) is 3.31. The Morgan fingerprint density at radius 1 is 1.12 bits per heavy atom. The predicted molar refractivity (Wildman–Crippen MR) is 93.6 cm³/mol. The van der Waals surface area contributed by atoms with E-state index in [9.17, 15) is 18.8 Å². The summed E-state index contributed by atoms with van der Waals surface area (Å²) in [6, 6.07) is 9.90. The van der Waals surface area contributed by atoms with E-state index in [-0.39, 0.29) is 12.2 Å². The van der Waals surface area contributed by atoms with E-state index < -0.39 is 23.5 Å². The van der Waals surface area contributed by atoms with Crippen LogP contribution in [-0.4, -0.2) is 29.3 Å². The summed E-state index contributed by atoms with van der Waals surface area (Å²) in [5, 5.41) is 2.94. The molecule has 0 saturated carbocycles. The minimum Gasteiger partial charge on any atom is -0.462 e. The maximum atomic E-state index is 13.2. The fourth-order valence-electron chi connectivity index (χ4n) is 2.50. The summed E-state index contributed by atoms with van der Waals surface area (Å²) >= 11 is 0. The molecule has 3 rings (SSSR count). The summed E-state index contributed by atoms with van der Waals surface area (Å²) in [6.07, 6.45) is 1.37. The van der Waals surface area contributed by atoms with Gasteiger partial charge in [-0.05, 0) is 49.4 Å². The fraction of sp³-hybridized carbons (Fsp3) is 0.105. The Kier molecular flexibility index (Phi) is 4.79. The summed E-state index contributed by atoms with van der Waals surface area (Å²) in [4.78, 5) is 38.9. The highest BCUT2D eigenvalue weighted by atomic mass is 19.1. The monoisotopic (exact) mass is 354 g/mol. The molecule has 132 valence electrons. The van der Waals surface area contributed by atoms with Crippen molar-refractivity contribution >= 4 is 34.3 Å². The molecule has 3 aromatic rings. The number of H-pyrrole nitrogens is 1. The van der Waals surface area contributed by atoms with Gasteiger partial charge >= 0.3 is 5.97 Å². The van der Waals surface area contributed by atoms with Crippen molar-refractivity contribution in [1.29, 1.82) is 0 Å². The number of hydrogen-bond acceptors (Lipinski definition) is 4. The number of ether oxygens (including phenoxy) is 1. The summed E-state index contributed by atoms with van der Waals surface area (Å²) in [5.41, 5.74) is 1.29. The zero-order valence-corrected chi connectivity index (χ0v) is 13.8. The number of fused-ring (bicyclic) bond motifs is 1. The van der Waals surface area contributed by atoms with E-state index in [1.165, 1.54) is 48.7 Å². The van der Waals surface area contributed by atoms with Crippen molar-refractivity contribution in [1.82, 2.24) is 4.98 Å². The number of amides is 1. The summed E-state index contributed by atoms with van der Waals surface area (Å²) in [6.45, 7) is 1.97. The topological polar surface area (TPSA) is 88.3 Å². The molecule has 6 nitrogen and oxygen atoms in total. The molecule has 2 aromatic carbocycles. The summed E-state index contributed by atoms with van der Waals surface area (Å²) < 4.78 is 18.1. The number of esters is 1. The zero-order chi connectivity index (χ0) is 18.7. The number of hydrogen-bond donors (Lipinski definition) is 2. The van der Waals surface area contributed by atoms with Crippen molar-refractivity contribution in [2.45, 2.75) is 6.92 Å². The van der Waals surface area contributed by atoms with Crippen molar-refractivity contribution in [3.63, 3.8) is 0 Å². The Labute approximate surface area is 148 Å². The molecule has 0 aliphatic heterocycles. The lowest BCUT2D eigenvalue weighted by atomic mass is 10.1. The van der Waals surface area contributed by atoms with Crippen LogP contribution in [-0.2, 0) is 9.53 Å². The van der Waals surface area contributed by atoms with Crippen LogP contribution in [0.2, 0.25) is 0 Å². The van der Waals surface area contributed by atoms with Gasteiger partial charge in [-0.1, -0.05) is 0 Å². The molecule has 0 bridgehead atoms. The summed E-state index contributed by atoms with van der Waals surface area (Å²) in [5.74, 6) is -2.49. The number of nitrogens with one attached hydrogen (secondary N) is 2. The minimum atomic E-state index is -0.834. The van der Waals surface area contributed by atoms with E-state index in [0.717, 1.165) is 0 Å². The molecular weight excluding hydrogens is 339 g/mol. The van der Waals surface area contributed by atoms with Gasteiger partial charge in [0.25, 0.3) is 11.7 Å². The van der Waals surface area contributed by atoms with Gasteiger partial charge in [0.15, 0.2) is 0 Å². The molecule has 0 radical (unpaired) electrons. The number of benzene rings is 2. The number of carbonyl (C=O) groups is 3. The molecule has 0 unspecified atom stereocenters. The van der Waals surface area contributed by atoms with Crippen molar-refractivity contribution < 1.29 is 23.5 Å². The third-order valence-electron chi connectivity index (χ3n) is 3.75. The molecule has 1 heterocycles. The number of Topliss-reactive ketones (excluding diaryl/α,β-unsaturated/α-hetero) is 1. The smallest absolute Gasteiger partial charge is 0.338 e. The van der Waals surface area contributed by atoms with Gasteiger partial charge < -0.3 is 15.0 Å². The first kappa shape index (κ1) is 17.3. The average molecular weight is 354 g/mol. The molecule has 0 fully saturated rings. The van der Waals surface area contributed by atoms with Crippen LogP contribution in [0.5, 0.6) is 0 Å². The van der Waals surface area contributed by atoms with E-state index in [4.69, 9.17) is 4.74 Å². The van der Waals surface area contributed by atoms with E-state index in [0.29, 0.717) is 22.2 Å². The van der Waals surface area contributed by atoms with Gasteiger partial charge in [-0.15, -0.1) is 0 Å². The average Bonchev–Trinajstić information content (AvgIpc) is 3.04. The molecule has 7 heteroatoms. The van der Waals surface area contributed by atoms with Gasteiger partial charge in [0.05, 0.1) is 17.7 Å². The van der Waals surface area contributed by atoms with Gasteiger partial charge in [0.2, 0.25) is 0 Å². The normalized spacial score (nSPS) is 10.5. The van der Waals surface area contributed by atoms with E-state index in [2.05, 4.69) is 10.3 Å². The maximum Gasteiger partial charge on any atom is 0.338 e. The number of aromatic amines is 1. The van der Waals surface area contributed by atoms with Crippen LogP contribution in [0.25, 0.3) is 10.9 Å². The highest BCUT2D eigenvalue weighted by molar-refractivity contribution is 6.48. The number of ketones is 1. The lowest BCUT2D eigenvalue weighted by molar-refractivity contribution is -0.112. The van der Waals surface area contributed by atoms with Crippen LogP contribution in [0, 0.1) is 5.82 Å². The fourth-order valence-corrected chi connectivity index (χ4v) is 2.50. The number of rotatable bonds is 5. The van der Waals surface area contributed by atoms with Crippen LogP contribution >= 0.6 is 0 Å². The molecule has 0 spiro atoms. The molecular formula is C19H15FN2O4. The molecule has 2 N–H and O–H groups in total. The highest BCUT2D eigenvalue weighted by Crippen LogP contribution is 2.20. The first-order valence-electron chi connectivity index (χ1n) is 7.89. The Morgan fingerprint density at radius 2 is 1.85 bits per heavy atom. The van der Waals surface area contributed by atoms with Crippen molar-refractivity contribution in [3.05, 3.63) is 65.6 Å². The van der Waals surface area contributed by atoms with Gasteiger partial charge in [0, 0.05) is 22.8 Å². The minimum absolute atomic E-state index is 0.153. The van der Waals surface area contributed by atoms with Gasteiger partial charge in [-0.2, -0.15) is 0 Å². The molecule has 1 amide bonds. The van der Waals surface area contributed by atoms with Gasteiger partial charge in [-0.3, -0.25) is 9.59 Å². The Bertz CT molecular complexity index is 992. The number of anilines is 1. The SMILES string of the molecule is CCOC(=O)c1ccc(NC(=O)C(=O)c2c[nH]c3cc(F)ccc23)cc1. The van der Waals surface area contributed by atoms with Crippen LogP contribution in [0.15, 0.2) is 48.7 Å². The Hall–Kier alpha value is -3.48. The number of halogens is 1. The first-order chi connectivity index (χ1) is 12.5. The summed E-state index contributed by atoms with van der Waals surface area (Å²) in [7, 11) is 0. The third kappa shape index (κ3) is 3.46. The molecule has 0 saturated heterocycles. The molecule has 0 aliphatic rings. The lowest BCUT2D eigenvalue weighted by Crippen LogP contribution is -2.22. The second kappa shape index (κ2) is 7.18. The standard InChI is InChI=1S/C19H15FN2O4/c1-2-26-19(25)11-3-6-13(7-4-11)22-18(24)17(23)15-10-21-16-9-12(20)5-8-14(15)16/h3-10,21H,2H2,1H3,(H,22,24). The Balaban J connectivity index is 1.74. The van der Waals surface area contributed by atoms with E-state index in [1.54, 1.807) is 6.92 Å². The van der Waals surface area contributed by atoms with Gasteiger partial charge in [0.1, 0.15) is 5.82 Å². The largest absolute Gasteiger partial charge is 0.462 e. The molecule has 26 heavy (non-hydrogen) atoms. The van der Waals surface area contributed by atoms with Crippen LogP contribution in [0.3, 0.4) is 0 Å². The van der Waals surface area contributed by atoms with Gasteiger partial charge in [-0.25, -0.2) is 9.18 Å². The first-order valence-corrected chi connectivity index (χ1v) is 7.89. The van der Waals surface area contributed by atoms with E-state index in [1.807, 2.05) is 0 Å². The van der Waals surface area contributed by atoms with Crippen LogP contribution in [0.4, 0.5) is 10.1 Å². The Morgan fingerprint density at radius 3 is 2.54 bits per heavy atom. The van der Waals surface area contributed by atoms with Crippen molar-refractivity contribution in [3.8, 4) is 0 Å². The molecule has 0 atom stereocenters. The molecule has 0 aliphatic carbocycles. The third-order valence-corrected chi connectivity index (χ3v) is 3.75. The maximum absolute atomic E-state index is 13.2. The van der Waals surface area contributed by atoms with Crippen LogP contribution in [0.1, 0.15) is 27.6 Å². The lowest BCUT2D eigenvalue weighted by Gasteiger charge is -2.06. The van der Waals surface area contributed by atoms with Crippen molar-refractivity contribution in [2.75, 3.05) is 11.9 Å². The molecule has 1 aromatic heterocycles. The second-order valence-electron chi connectivity index (χ2n) is 5.47. The van der Waals surface area contributed by atoms with E-state index >= 15 is 0 Å². The van der Waals surface area contributed by atoms with Crippen LogP contribution < -0.4 is 5.32 Å².